The van der Waals surface area contributed by atoms with E-state index in [0.29, 0.717) is 0 Å². The van der Waals surface area contributed by atoms with E-state index in [9.17, 15) is 4.79 Å². The van der Waals surface area contributed by atoms with Crippen LogP contribution in [-0.2, 0) is 6.54 Å². The lowest BCUT2D eigenvalue weighted by molar-refractivity contribution is 0.584. The molecule has 5 heteroatoms. The molecule has 0 aliphatic carbocycles. The van der Waals surface area contributed by atoms with Gasteiger partial charge in [0.15, 0.2) is 5.96 Å². The quantitative estimate of drug-likeness (QED) is 0.396. The molecule has 0 saturated heterocycles. The molecule has 124 valence electrons. The number of aliphatic imine (C=N–C) groups is 1. The highest BCUT2D eigenvalue weighted by molar-refractivity contribution is 5.79. The van der Waals surface area contributed by atoms with Gasteiger partial charge in [-0.25, -0.2) is 0 Å². The first kappa shape index (κ1) is 18.3. The number of hydrogen-bond acceptors (Lipinski definition) is 2. The molecule has 1 rings (SSSR count). The molecule has 1 aromatic heterocycles. The minimum absolute atomic E-state index is 0.0695. The number of hydrogen-bond donors (Lipinski definition) is 2. The minimum Gasteiger partial charge on any atom is -0.356 e. The van der Waals surface area contributed by atoms with E-state index in [1.54, 1.807) is 23.7 Å². The molecule has 0 fully saturated rings. The van der Waals surface area contributed by atoms with Gasteiger partial charge in [0, 0.05) is 38.9 Å². The van der Waals surface area contributed by atoms with Crippen molar-refractivity contribution in [3.63, 3.8) is 0 Å². The molecular formula is C17H30N4O. The number of guanidine groups is 1. The van der Waals surface area contributed by atoms with Crippen molar-refractivity contribution < 1.29 is 0 Å². The largest absolute Gasteiger partial charge is 0.356 e. The third kappa shape index (κ3) is 7.86. The van der Waals surface area contributed by atoms with Gasteiger partial charge in [0.05, 0.1) is 0 Å². The van der Waals surface area contributed by atoms with Crippen LogP contribution in [0.15, 0.2) is 34.2 Å². The number of aromatic nitrogens is 1. The Hall–Kier alpha value is -1.78. The Kier molecular flexibility index (Phi) is 9.83. The number of nitrogens with one attached hydrogen (secondary N) is 2. The Morgan fingerprint density at radius 3 is 2.45 bits per heavy atom. The van der Waals surface area contributed by atoms with Crippen LogP contribution < -0.4 is 16.2 Å². The predicted octanol–water partition coefficient (Wildman–Crippen LogP) is 2.37. The molecule has 0 bridgehead atoms. The number of unbranched alkanes of at least 4 members (excludes halogenated alkanes) is 4. The van der Waals surface area contributed by atoms with Gasteiger partial charge in [-0.05, 0) is 25.3 Å². The first-order chi connectivity index (χ1) is 10.8. The highest BCUT2D eigenvalue weighted by Gasteiger charge is 1.97. The average molecular weight is 306 g/mol. The number of nitrogens with zero attached hydrogens (tertiary/aromatic N) is 2. The van der Waals surface area contributed by atoms with Crippen LogP contribution in [-0.4, -0.2) is 30.7 Å². The fraction of sp³-hybridized carbons (Fsp3) is 0.647. The second kappa shape index (κ2) is 11.8. The summed E-state index contributed by atoms with van der Waals surface area (Å²) in [5.74, 6) is 0.869. The zero-order chi connectivity index (χ0) is 16.0. The van der Waals surface area contributed by atoms with E-state index in [4.69, 9.17) is 0 Å². The summed E-state index contributed by atoms with van der Waals surface area (Å²) in [6.45, 7) is 4.83. The predicted molar refractivity (Wildman–Crippen MR) is 93.4 cm³/mol. The zero-order valence-corrected chi connectivity index (χ0v) is 14.0. The molecule has 2 N–H and O–H groups in total. The second-order valence-electron chi connectivity index (χ2n) is 5.43. The monoisotopic (exact) mass is 306 g/mol. The zero-order valence-electron chi connectivity index (χ0n) is 14.0. The van der Waals surface area contributed by atoms with Crippen LogP contribution in [0.3, 0.4) is 0 Å². The molecular weight excluding hydrogens is 276 g/mol. The van der Waals surface area contributed by atoms with Gasteiger partial charge in [-0.2, -0.15) is 0 Å². The Bertz CT molecular complexity index is 482. The molecule has 0 aliphatic heterocycles. The van der Waals surface area contributed by atoms with E-state index in [2.05, 4.69) is 22.5 Å². The van der Waals surface area contributed by atoms with Crippen molar-refractivity contribution in [1.82, 2.24) is 15.2 Å². The fourth-order valence-corrected chi connectivity index (χ4v) is 2.24. The summed E-state index contributed by atoms with van der Waals surface area (Å²) in [6.07, 6.45) is 8.84. The Balaban J connectivity index is 2.09. The highest BCUT2D eigenvalue weighted by atomic mass is 16.1. The van der Waals surface area contributed by atoms with Crippen LogP contribution in [0, 0.1) is 0 Å². The van der Waals surface area contributed by atoms with Crippen LogP contribution >= 0.6 is 0 Å². The van der Waals surface area contributed by atoms with Gasteiger partial charge < -0.3 is 15.2 Å². The van der Waals surface area contributed by atoms with Crippen molar-refractivity contribution in [2.24, 2.45) is 4.99 Å². The van der Waals surface area contributed by atoms with Crippen molar-refractivity contribution in [3.8, 4) is 0 Å². The van der Waals surface area contributed by atoms with Gasteiger partial charge in [0.2, 0.25) is 5.56 Å². The minimum atomic E-state index is 0.0695. The van der Waals surface area contributed by atoms with Gasteiger partial charge >= 0.3 is 0 Å². The lowest BCUT2D eigenvalue weighted by atomic mass is 10.2. The van der Waals surface area contributed by atoms with Crippen LogP contribution in [0.4, 0.5) is 0 Å². The summed E-state index contributed by atoms with van der Waals surface area (Å²) >= 11 is 0. The normalized spacial score (nSPS) is 11.5. The van der Waals surface area contributed by atoms with E-state index in [1.807, 2.05) is 12.3 Å². The molecule has 1 heterocycles. The molecule has 0 aliphatic rings. The van der Waals surface area contributed by atoms with Crippen LogP contribution in [0.1, 0.15) is 45.4 Å². The third-order valence-electron chi connectivity index (χ3n) is 3.56. The first-order valence-electron chi connectivity index (χ1n) is 8.38. The van der Waals surface area contributed by atoms with Crippen molar-refractivity contribution in [2.75, 3.05) is 20.1 Å². The standard InChI is InChI=1S/C17H30N4O/c1-3-4-5-7-12-19-17(18-2)20-13-8-10-15-21-14-9-6-11-16(21)22/h6,9,11,14H,3-5,7-8,10,12-13,15H2,1-2H3,(H2,18,19,20). The van der Waals surface area contributed by atoms with Gasteiger partial charge in [-0.15, -0.1) is 0 Å². The molecule has 22 heavy (non-hydrogen) atoms. The van der Waals surface area contributed by atoms with Crippen molar-refractivity contribution in [3.05, 3.63) is 34.7 Å². The topological polar surface area (TPSA) is 58.4 Å². The maximum atomic E-state index is 11.5. The van der Waals surface area contributed by atoms with Crippen molar-refractivity contribution >= 4 is 5.96 Å². The molecule has 0 unspecified atom stereocenters. The Morgan fingerprint density at radius 2 is 1.82 bits per heavy atom. The smallest absolute Gasteiger partial charge is 0.250 e. The number of pyridine rings is 1. The molecule has 0 spiro atoms. The van der Waals surface area contributed by atoms with E-state index >= 15 is 0 Å². The molecule has 0 amide bonds. The van der Waals surface area contributed by atoms with Gasteiger partial charge in [0.1, 0.15) is 0 Å². The molecule has 5 nitrogen and oxygen atoms in total. The average Bonchev–Trinajstić information content (AvgIpc) is 2.54. The first-order valence-corrected chi connectivity index (χ1v) is 8.38. The van der Waals surface area contributed by atoms with Crippen LogP contribution in [0.5, 0.6) is 0 Å². The highest BCUT2D eigenvalue weighted by Crippen LogP contribution is 1.97. The maximum absolute atomic E-state index is 11.5. The lowest BCUT2D eigenvalue weighted by Gasteiger charge is -2.12. The summed E-state index contributed by atoms with van der Waals surface area (Å²) in [5.41, 5.74) is 0.0695. The second-order valence-corrected chi connectivity index (χ2v) is 5.43. The maximum Gasteiger partial charge on any atom is 0.250 e. The SMILES string of the molecule is CCCCCCNC(=NC)NCCCCn1ccccc1=O. The van der Waals surface area contributed by atoms with Crippen molar-refractivity contribution in [2.45, 2.75) is 52.0 Å². The summed E-state index contributed by atoms with van der Waals surface area (Å²) in [6, 6.07) is 5.27. The van der Waals surface area contributed by atoms with Gasteiger partial charge in [-0.1, -0.05) is 32.3 Å². The van der Waals surface area contributed by atoms with Crippen molar-refractivity contribution in [1.29, 1.82) is 0 Å². The lowest BCUT2D eigenvalue weighted by Crippen LogP contribution is -2.38. The summed E-state index contributed by atoms with van der Waals surface area (Å²) in [7, 11) is 1.80. The molecule has 0 aromatic carbocycles. The molecule has 0 radical (unpaired) electrons. The third-order valence-corrected chi connectivity index (χ3v) is 3.56. The summed E-state index contributed by atoms with van der Waals surface area (Å²) in [5, 5.41) is 6.64. The number of rotatable bonds is 10. The number of aryl methyl sites for hydroxylation is 1. The molecule has 0 atom stereocenters. The Labute approximate surface area is 133 Å². The molecule has 0 saturated carbocycles. The van der Waals surface area contributed by atoms with E-state index in [1.165, 1.54) is 25.7 Å². The molecule has 1 aromatic rings. The van der Waals surface area contributed by atoms with E-state index < -0.39 is 0 Å². The fourth-order valence-electron chi connectivity index (χ4n) is 2.24. The van der Waals surface area contributed by atoms with Crippen LogP contribution in [0.2, 0.25) is 0 Å². The summed E-state index contributed by atoms with van der Waals surface area (Å²) < 4.78 is 1.75. The van der Waals surface area contributed by atoms with Gasteiger partial charge in [-0.3, -0.25) is 9.79 Å². The summed E-state index contributed by atoms with van der Waals surface area (Å²) in [4.78, 5) is 15.8. The Morgan fingerprint density at radius 1 is 1.09 bits per heavy atom. The van der Waals surface area contributed by atoms with Gasteiger partial charge in [0.25, 0.3) is 0 Å². The van der Waals surface area contributed by atoms with E-state index in [0.717, 1.165) is 38.4 Å². The van der Waals surface area contributed by atoms with E-state index in [-0.39, 0.29) is 5.56 Å². The van der Waals surface area contributed by atoms with Crippen LogP contribution in [0.25, 0.3) is 0 Å².